The SMILES string of the molecule is C[C@H]1[C@H]2C[C@H](C[C@H]1Nc1cnn(CCC(N)=O)c(=O)c1Cl)C2(C)C. The van der Waals surface area contributed by atoms with Gasteiger partial charge in [-0.1, -0.05) is 32.4 Å². The summed E-state index contributed by atoms with van der Waals surface area (Å²) >= 11 is 6.23. The fourth-order valence-corrected chi connectivity index (χ4v) is 4.68. The van der Waals surface area contributed by atoms with E-state index in [0.717, 1.165) is 12.3 Å². The van der Waals surface area contributed by atoms with Crippen molar-refractivity contribution in [2.45, 2.75) is 52.6 Å². The van der Waals surface area contributed by atoms with Gasteiger partial charge in [0.05, 0.1) is 18.4 Å². The predicted octanol–water partition coefficient (Wildman–Crippen LogP) is 2.25. The molecular weight excluding hydrogens is 328 g/mol. The lowest BCUT2D eigenvalue weighted by molar-refractivity contribution is -0.118. The zero-order valence-corrected chi connectivity index (χ0v) is 15.1. The second kappa shape index (κ2) is 6.06. The Labute approximate surface area is 146 Å². The van der Waals surface area contributed by atoms with Crippen molar-refractivity contribution >= 4 is 23.2 Å². The van der Waals surface area contributed by atoms with Crippen LogP contribution in [0.15, 0.2) is 11.0 Å². The second-order valence-electron chi connectivity index (χ2n) is 7.82. The van der Waals surface area contributed by atoms with Gasteiger partial charge in [0.2, 0.25) is 5.91 Å². The smallest absolute Gasteiger partial charge is 0.287 e. The molecule has 3 fully saturated rings. The number of hydrogen-bond donors (Lipinski definition) is 2. The van der Waals surface area contributed by atoms with E-state index < -0.39 is 11.5 Å². The van der Waals surface area contributed by atoms with Gasteiger partial charge in [0, 0.05) is 12.5 Å². The molecule has 6 nitrogen and oxygen atoms in total. The van der Waals surface area contributed by atoms with E-state index in [1.165, 1.54) is 11.1 Å². The van der Waals surface area contributed by atoms with Crippen molar-refractivity contribution in [3.63, 3.8) is 0 Å². The molecule has 0 aromatic carbocycles. The Morgan fingerprint density at radius 2 is 2.21 bits per heavy atom. The lowest BCUT2D eigenvalue weighted by atomic mass is 9.45. The molecule has 3 saturated carbocycles. The molecule has 1 heterocycles. The highest BCUT2D eigenvalue weighted by Gasteiger charge is 2.56. The maximum Gasteiger partial charge on any atom is 0.287 e. The fourth-order valence-electron chi connectivity index (χ4n) is 4.48. The van der Waals surface area contributed by atoms with Gasteiger partial charge in [-0.3, -0.25) is 9.59 Å². The van der Waals surface area contributed by atoms with Crippen LogP contribution in [0.1, 0.15) is 40.0 Å². The van der Waals surface area contributed by atoms with E-state index in [0.29, 0.717) is 29.0 Å². The standard InChI is InChI=1S/C17H25ClN4O2/c1-9-11-6-10(17(11,2)3)7-12(9)21-13-8-20-22(5-4-14(19)23)16(24)15(13)18/h8-12,21H,4-7H2,1-3H3,(H2,19,23)/t9-,10+,11+,12+/m0/s1. The molecule has 0 aliphatic heterocycles. The highest BCUT2D eigenvalue weighted by atomic mass is 35.5. The van der Waals surface area contributed by atoms with E-state index in [4.69, 9.17) is 17.3 Å². The van der Waals surface area contributed by atoms with Crippen LogP contribution in [-0.4, -0.2) is 21.7 Å². The largest absolute Gasteiger partial charge is 0.379 e. The van der Waals surface area contributed by atoms with Crippen LogP contribution in [0.3, 0.4) is 0 Å². The van der Waals surface area contributed by atoms with Crippen molar-refractivity contribution in [3.8, 4) is 0 Å². The maximum absolute atomic E-state index is 12.3. The summed E-state index contributed by atoms with van der Waals surface area (Å²) in [7, 11) is 0. The van der Waals surface area contributed by atoms with Gasteiger partial charge in [-0.05, 0) is 36.0 Å². The number of primary amides is 1. The summed E-state index contributed by atoms with van der Waals surface area (Å²) < 4.78 is 1.18. The topological polar surface area (TPSA) is 90.0 Å². The van der Waals surface area contributed by atoms with Gasteiger partial charge in [0.1, 0.15) is 5.02 Å². The number of aromatic nitrogens is 2. The van der Waals surface area contributed by atoms with Crippen LogP contribution < -0.4 is 16.6 Å². The number of fused-ring (bicyclic) bond motifs is 2. The summed E-state index contributed by atoms with van der Waals surface area (Å²) in [6, 6.07) is 0.307. The van der Waals surface area contributed by atoms with E-state index in [2.05, 4.69) is 31.2 Å². The van der Waals surface area contributed by atoms with Crippen molar-refractivity contribution in [2.75, 3.05) is 5.32 Å². The highest BCUT2D eigenvalue weighted by molar-refractivity contribution is 6.32. The third-order valence-electron chi connectivity index (χ3n) is 6.25. The number of carbonyl (C=O) groups is 1. The number of nitrogens with two attached hydrogens (primary N) is 1. The van der Waals surface area contributed by atoms with E-state index in [9.17, 15) is 9.59 Å². The first-order chi connectivity index (χ1) is 11.2. The molecule has 0 saturated heterocycles. The van der Waals surface area contributed by atoms with Crippen molar-refractivity contribution in [3.05, 3.63) is 21.6 Å². The number of anilines is 1. The Hall–Kier alpha value is -1.56. The molecule has 3 N–H and O–H groups in total. The predicted molar refractivity (Wildman–Crippen MR) is 93.9 cm³/mol. The van der Waals surface area contributed by atoms with Crippen LogP contribution >= 0.6 is 11.6 Å². The first kappa shape index (κ1) is 17.3. The fraction of sp³-hybridized carbons (Fsp3) is 0.706. The molecule has 1 aromatic heterocycles. The summed E-state index contributed by atoms with van der Waals surface area (Å²) in [5.74, 6) is 1.48. The minimum Gasteiger partial charge on any atom is -0.379 e. The van der Waals surface area contributed by atoms with E-state index in [1.54, 1.807) is 6.20 Å². The van der Waals surface area contributed by atoms with Crippen molar-refractivity contribution in [2.24, 2.45) is 28.9 Å². The highest BCUT2D eigenvalue weighted by Crippen LogP contribution is 2.61. The quantitative estimate of drug-likeness (QED) is 0.850. The molecule has 0 spiro atoms. The molecule has 3 aliphatic rings. The van der Waals surface area contributed by atoms with Crippen LogP contribution in [0, 0.1) is 23.2 Å². The third-order valence-corrected chi connectivity index (χ3v) is 6.62. The lowest BCUT2D eigenvalue weighted by Crippen LogP contribution is -2.58. The minimum atomic E-state index is -0.472. The van der Waals surface area contributed by atoms with Crippen molar-refractivity contribution in [1.29, 1.82) is 0 Å². The van der Waals surface area contributed by atoms with Gasteiger partial charge in [-0.2, -0.15) is 5.10 Å². The van der Waals surface area contributed by atoms with E-state index >= 15 is 0 Å². The molecular formula is C17H25ClN4O2. The minimum absolute atomic E-state index is 0.0636. The van der Waals surface area contributed by atoms with Gasteiger partial charge >= 0.3 is 0 Å². The molecule has 4 rings (SSSR count). The third kappa shape index (κ3) is 2.81. The van der Waals surface area contributed by atoms with Gasteiger partial charge in [-0.25, -0.2) is 4.68 Å². The van der Waals surface area contributed by atoms with Crippen LogP contribution in [0.25, 0.3) is 0 Å². The molecule has 3 aliphatic carbocycles. The Bertz CT molecular complexity index is 715. The summed E-state index contributed by atoms with van der Waals surface area (Å²) in [6.45, 7) is 7.13. The van der Waals surface area contributed by atoms with Crippen molar-refractivity contribution in [1.82, 2.24) is 9.78 Å². The number of hydrogen-bond acceptors (Lipinski definition) is 4. The normalized spacial score (nSPS) is 30.5. The average molecular weight is 353 g/mol. The monoisotopic (exact) mass is 352 g/mol. The molecule has 132 valence electrons. The number of nitrogens with zero attached hydrogens (tertiary/aromatic N) is 2. The van der Waals surface area contributed by atoms with Gasteiger partial charge in [-0.15, -0.1) is 0 Å². The second-order valence-corrected chi connectivity index (χ2v) is 8.20. The van der Waals surface area contributed by atoms with E-state index in [1.807, 2.05) is 0 Å². The Balaban J connectivity index is 1.74. The zero-order chi connectivity index (χ0) is 17.6. The average Bonchev–Trinajstić information content (AvgIpc) is 2.52. The van der Waals surface area contributed by atoms with Crippen LogP contribution in [0.5, 0.6) is 0 Å². The molecule has 0 unspecified atom stereocenters. The summed E-state index contributed by atoms with van der Waals surface area (Å²) in [6.07, 6.45) is 4.02. The van der Waals surface area contributed by atoms with Gasteiger partial charge < -0.3 is 11.1 Å². The Kier molecular flexibility index (Phi) is 4.36. The Morgan fingerprint density at radius 1 is 1.50 bits per heavy atom. The van der Waals surface area contributed by atoms with Crippen LogP contribution in [0.2, 0.25) is 5.02 Å². The number of nitrogens with one attached hydrogen (secondary N) is 1. The maximum atomic E-state index is 12.3. The molecule has 7 heteroatoms. The summed E-state index contributed by atoms with van der Waals surface area (Å²) in [4.78, 5) is 23.1. The van der Waals surface area contributed by atoms with Gasteiger partial charge in [0.15, 0.2) is 0 Å². The molecule has 4 atom stereocenters. The Morgan fingerprint density at radius 3 is 2.79 bits per heavy atom. The molecule has 1 aromatic rings. The molecule has 0 radical (unpaired) electrons. The number of carbonyl (C=O) groups excluding carboxylic acids is 1. The number of rotatable bonds is 5. The number of amides is 1. The molecule has 2 bridgehead atoms. The molecule has 24 heavy (non-hydrogen) atoms. The number of aryl methyl sites for hydroxylation is 1. The first-order valence-corrected chi connectivity index (χ1v) is 8.90. The van der Waals surface area contributed by atoms with Crippen molar-refractivity contribution < 1.29 is 4.79 Å². The summed E-state index contributed by atoms with van der Waals surface area (Å²) in [5.41, 5.74) is 5.71. The zero-order valence-electron chi connectivity index (χ0n) is 14.4. The van der Waals surface area contributed by atoms with Crippen LogP contribution in [0.4, 0.5) is 5.69 Å². The first-order valence-electron chi connectivity index (χ1n) is 8.52. The summed E-state index contributed by atoms with van der Waals surface area (Å²) in [5, 5.41) is 7.67. The van der Waals surface area contributed by atoms with E-state index in [-0.39, 0.29) is 18.0 Å². The van der Waals surface area contributed by atoms with Crippen LogP contribution in [-0.2, 0) is 11.3 Å². The van der Waals surface area contributed by atoms with Gasteiger partial charge in [0.25, 0.3) is 5.56 Å². The number of halogens is 1. The molecule has 1 amide bonds. The lowest BCUT2D eigenvalue weighted by Gasteiger charge is -2.62.